The Morgan fingerprint density at radius 1 is 1.44 bits per heavy atom. The van der Waals surface area contributed by atoms with Crippen molar-refractivity contribution >= 4 is 11.7 Å². The molecule has 0 radical (unpaired) electrons. The summed E-state index contributed by atoms with van der Waals surface area (Å²) in [5.74, 6) is 0.893. The molecule has 1 aromatic rings. The number of carboxylic acids is 1. The first-order chi connectivity index (χ1) is 7.52. The fourth-order valence-electron chi connectivity index (χ4n) is 0.726. The molecule has 1 aromatic carbocycles. The molecular formula is C10H9NO5. The number of aromatic carboxylic acids is 1. The van der Waals surface area contributed by atoms with Crippen molar-refractivity contribution in [2.75, 3.05) is 6.61 Å². The van der Waals surface area contributed by atoms with Gasteiger partial charge in [0.15, 0.2) is 0 Å². The lowest BCUT2D eigenvalue weighted by atomic mass is 10.2. The summed E-state index contributed by atoms with van der Waals surface area (Å²) in [5.41, 5.74) is -0.0689. The molecule has 0 saturated carbocycles. The van der Waals surface area contributed by atoms with E-state index in [2.05, 4.69) is 6.42 Å². The summed E-state index contributed by atoms with van der Waals surface area (Å²) in [5, 5.41) is 26.2. The summed E-state index contributed by atoms with van der Waals surface area (Å²) in [6, 6.07) is 4.70. The van der Waals surface area contributed by atoms with E-state index in [1.165, 1.54) is 12.1 Å². The minimum atomic E-state index is -1.09. The standard InChI is InChI=1S/C7H5NO4.C3H4O/c9-7(10)5-1-3-6(4-2-5)8(11)12;1-2-3-4/h1-4H,(H,9,10);1,4H,3H2. The van der Waals surface area contributed by atoms with E-state index in [0.29, 0.717) is 0 Å². The van der Waals surface area contributed by atoms with Crippen molar-refractivity contribution in [2.45, 2.75) is 0 Å². The lowest BCUT2D eigenvalue weighted by molar-refractivity contribution is -0.384. The van der Waals surface area contributed by atoms with Gasteiger partial charge < -0.3 is 10.2 Å². The SMILES string of the molecule is C#CCO.O=C(O)c1ccc([N+](=O)[O-])cc1. The van der Waals surface area contributed by atoms with Gasteiger partial charge in [0.2, 0.25) is 0 Å². The zero-order valence-corrected chi connectivity index (χ0v) is 8.16. The van der Waals surface area contributed by atoms with E-state index >= 15 is 0 Å². The Bertz CT molecular complexity index is 371. The maximum Gasteiger partial charge on any atom is 0.335 e. The number of non-ortho nitro benzene ring substituents is 1. The fraction of sp³-hybridized carbons (Fsp3) is 0.100. The fourth-order valence-corrected chi connectivity index (χ4v) is 0.726. The largest absolute Gasteiger partial charge is 0.478 e. The average molecular weight is 223 g/mol. The normalized spacial score (nSPS) is 8.25. The van der Waals surface area contributed by atoms with Crippen LogP contribution in [-0.4, -0.2) is 27.7 Å². The van der Waals surface area contributed by atoms with Gasteiger partial charge in [-0.1, -0.05) is 5.92 Å². The van der Waals surface area contributed by atoms with Crippen LogP contribution in [-0.2, 0) is 0 Å². The smallest absolute Gasteiger partial charge is 0.335 e. The van der Waals surface area contributed by atoms with Gasteiger partial charge in [-0.3, -0.25) is 10.1 Å². The molecule has 0 unspecified atom stereocenters. The van der Waals surface area contributed by atoms with Gasteiger partial charge in [-0.05, 0) is 12.1 Å². The summed E-state index contributed by atoms with van der Waals surface area (Å²) >= 11 is 0. The highest BCUT2D eigenvalue weighted by Crippen LogP contribution is 2.11. The van der Waals surface area contributed by atoms with E-state index in [0.717, 1.165) is 12.1 Å². The maximum absolute atomic E-state index is 10.3. The minimum Gasteiger partial charge on any atom is -0.478 e. The number of aliphatic hydroxyl groups excluding tert-OH is 1. The zero-order valence-electron chi connectivity index (χ0n) is 8.16. The van der Waals surface area contributed by atoms with Crippen LogP contribution in [0.4, 0.5) is 5.69 Å². The van der Waals surface area contributed by atoms with Gasteiger partial charge in [-0.15, -0.1) is 6.42 Å². The zero-order chi connectivity index (χ0) is 12.6. The van der Waals surface area contributed by atoms with Crippen molar-refractivity contribution in [3.8, 4) is 12.3 Å². The van der Waals surface area contributed by atoms with Crippen LogP contribution >= 0.6 is 0 Å². The second kappa shape index (κ2) is 6.98. The second-order valence-corrected chi connectivity index (χ2v) is 2.47. The number of nitrogens with zero attached hydrogens (tertiary/aromatic N) is 1. The first kappa shape index (κ1) is 13.6. The number of carboxylic acid groups (broad SMARTS) is 1. The van der Waals surface area contributed by atoms with Crippen molar-refractivity contribution in [1.29, 1.82) is 0 Å². The first-order valence-corrected chi connectivity index (χ1v) is 4.05. The third-order valence-electron chi connectivity index (χ3n) is 1.42. The van der Waals surface area contributed by atoms with Crippen molar-refractivity contribution in [3.63, 3.8) is 0 Å². The van der Waals surface area contributed by atoms with E-state index in [9.17, 15) is 14.9 Å². The third kappa shape index (κ3) is 4.74. The molecule has 0 aliphatic rings. The summed E-state index contributed by atoms with van der Waals surface area (Å²) in [6.07, 6.45) is 4.53. The third-order valence-corrected chi connectivity index (χ3v) is 1.42. The summed E-state index contributed by atoms with van der Waals surface area (Å²) in [4.78, 5) is 19.9. The van der Waals surface area contributed by atoms with E-state index in [1.54, 1.807) is 0 Å². The Balaban J connectivity index is 0.000000487. The first-order valence-electron chi connectivity index (χ1n) is 4.05. The van der Waals surface area contributed by atoms with Gasteiger partial charge in [-0.2, -0.15) is 0 Å². The Morgan fingerprint density at radius 3 is 2.12 bits per heavy atom. The number of benzene rings is 1. The predicted molar refractivity (Wildman–Crippen MR) is 56.0 cm³/mol. The van der Waals surface area contributed by atoms with Crippen LogP contribution in [0.2, 0.25) is 0 Å². The molecule has 0 fully saturated rings. The van der Waals surface area contributed by atoms with Crippen LogP contribution in [0.15, 0.2) is 24.3 Å². The molecule has 0 saturated heterocycles. The number of hydrogen-bond acceptors (Lipinski definition) is 4. The molecule has 0 aliphatic carbocycles. The van der Waals surface area contributed by atoms with E-state index in [4.69, 9.17) is 10.2 Å². The molecule has 6 heteroatoms. The Labute approximate surface area is 91.3 Å². The van der Waals surface area contributed by atoms with E-state index in [-0.39, 0.29) is 17.9 Å². The quantitative estimate of drug-likeness (QED) is 0.440. The molecule has 0 bridgehead atoms. The van der Waals surface area contributed by atoms with Crippen molar-refractivity contribution in [2.24, 2.45) is 0 Å². The molecule has 84 valence electrons. The molecule has 6 nitrogen and oxygen atoms in total. The highest BCUT2D eigenvalue weighted by Gasteiger charge is 2.06. The monoisotopic (exact) mass is 223 g/mol. The molecule has 1 rings (SSSR count). The minimum absolute atomic E-state index is 0.0422. The molecule has 2 N–H and O–H groups in total. The number of nitro groups is 1. The molecule has 0 spiro atoms. The Morgan fingerprint density at radius 2 is 1.88 bits per heavy atom. The highest BCUT2D eigenvalue weighted by atomic mass is 16.6. The molecular weight excluding hydrogens is 214 g/mol. The van der Waals surface area contributed by atoms with Gasteiger partial charge in [0, 0.05) is 12.1 Å². The molecule has 0 atom stereocenters. The van der Waals surface area contributed by atoms with Crippen molar-refractivity contribution in [1.82, 2.24) is 0 Å². The number of hydrogen-bond donors (Lipinski definition) is 2. The van der Waals surface area contributed by atoms with Crippen LogP contribution < -0.4 is 0 Å². The van der Waals surface area contributed by atoms with Gasteiger partial charge in [0.1, 0.15) is 6.61 Å². The number of terminal acetylenes is 1. The second-order valence-electron chi connectivity index (χ2n) is 2.47. The van der Waals surface area contributed by atoms with Crippen LogP contribution in [0.25, 0.3) is 0 Å². The topological polar surface area (TPSA) is 101 Å². The average Bonchev–Trinajstić information content (AvgIpc) is 2.29. The Hall–Kier alpha value is -2.39. The van der Waals surface area contributed by atoms with Gasteiger partial charge in [-0.25, -0.2) is 4.79 Å². The lowest BCUT2D eigenvalue weighted by Crippen LogP contribution is -1.96. The molecule has 0 heterocycles. The molecule has 0 amide bonds. The Kier molecular flexibility index (Phi) is 5.93. The number of aliphatic hydroxyl groups is 1. The van der Waals surface area contributed by atoms with Crippen molar-refractivity contribution in [3.05, 3.63) is 39.9 Å². The van der Waals surface area contributed by atoms with Gasteiger partial charge >= 0.3 is 5.97 Å². The van der Waals surface area contributed by atoms with Crippen LogP contribution in [0.5, 0.6) is 0 Å². The van der Waals surface area contributed by atoms with Gasteiger partial charge in [0.05, 0.1) is 10.5 Å². The van der Waals surface area contributed by atoms with Gasteiger partial charge in [0.25, 0.3) is 5.69 Å². The van der Waals surface area contributed by atoms with E-state index < -0.39 is 10.9 Å². The van der Waals surface area contributed by atoms with E-state index in [1.807, 2.05) is 5.92 Å². The van der Waals surface area contributed by atoms with Crippen LogP contribution in [0, 0.1) is 22.5 Å². The predicted octanol–water partition coefficient (Wildman–Crippen LogP) is 0.905. The lowest BCUT2D eigenvalue weighted by Gasteiger charge is -1.92. The molecule has 0 aromatic heterocycles. The number of nitro benzene ring substituents is 1. The maximum atomic E-state index is 10.3. The highest BCUT2D eigenvalue weighted by molar-refractivity contribution is 5.87. The summed E-state index contributed by atoms with van der Waals surface area (Å²) in [6.45, 7) is -0.153. The van der Waals surface area contributed by atoms with Crippen LogP contribution in [0.3, 0.4) is 0 Å². The van der Waals surface area contributed by atoms with Crippen molar-refractivity contribution < 1.29 is 19.9 Å². The molecule has 16 heavy (non-hydrogen) atoms. The number of rotatable bonds is 2. The summed E-state index contributed by atoms with van der Waals surface area (Å²) in [7, 11) is 0. The number of carbonyl (C=O) groups is 1. The molecule has 0 aliphatic heterocycles. The summed E-state index contributed by atoms with van der Waals surface area (Å²) < 4.78 is 0. The van der Waals surface area contributed by atoms with Crippen LogP contribution in [0.1, 0.15) is 10.4 Å².